The van der Waals surface area contributed by atoms with Crippen molar-refractivity contribution in [2.24, 2.45) is 5.92 Å². The minimum atomic E-state index is -0.351. The molecule has 0 radical (unpaired) electrons. The fourth-order valence-electron chi connectivity index (χ4n) is 2.32. The molecule has 1 aliphatic rings. The Bertz CT molecular complexity index is 456. The first-order valence-corrected chi connectivity index (χ1v) is 6.76. The van der Waals surface area contributed by atoms with Crippen molar-refractivity contribution >= 4 is 17.3 Å². The first kappa shape index (κ1) is 13.6. The van der Waals surface area contributed by atoms with Crippen molar-refractivity contribution in [3.05, 3.63) is 22.2 Å². The second-order valence-electron chi connectivity index (χ2n) is 5.00. The molecule has 1 fully saturated rings. The number of nitro groups is 1. The van der Waals surface area contributed by atoms with Crippen LogP contribution in [0.3, 0.4) is 0 Å². The largest absolute Gasteiger partial charge is 0.370 e. The lowest BCUT2D eigenvalue weighted by Gasteiger charge is -2.30. The van der Waals surface area contributed by atoms with Gasteiger partial charge in [0, 0.05) is 25.7 Å². The highest BCUT2D eigenvalue weighted by Gasteiger charge is 2.25. The Kier molecular flexibility index (Phi) is 4.19. The average molecular weight is 264 g/mol. The van der Waals surface area contributed by atoms with Crippen LogP contribution in [0, 0.1) is 16.0 Å². The van der Waals surface area contributed by atoms with Crippen LogP contribution in [0.4, 0.5) is 17.3 Å². The van der Waals surface area contributed by atoms with E-state index < -0.39 is 0 Å². The molecule has 0 bridgehead atoms. The number of piperidine rings is 1. The molecule has 1 aromatic rings. The maximum atomic E-state index is 11.1. The Labute approximate surface area is 113 Å². The number of pyridine rings is 1. The lowest BCUT2D eigenvalue weighted by atomic mass is 9.99. The molecular weight excluding hydrogens is 244 g/mol. The topological polar surface area (TPSA) is 71.3 Å². The van der Waals surface area contributed by atoms with E-state index in [4.69, 9.17) is 0 Å². The molecule has 1 N–H and O–H groups in total. The molecule has 2 rings (SSSR count). The van der Waals surface area contributed by atoms with Gasteiger partial charge in [0.1, 0.15) is 5.82 Å². The van der Waals surface area contributed by atoms with Crippen LogP contribution in [0.25, 0.3) is 0 Å². The Morgan fingerprint density at radius 2 is 2.16 bits per heavy atom. The highest BCUT2D eigenvalue weighted by molar-refractivity contribution is 5.62. The van der Waals surface area contributed by atoms with E-state index in [1.807, 2.05) is 11.8 Å². The molecule has 0 aromatic carbocycles. The third-order valence-corrected chi connectivity index (χ3v) is 3.49. The number of anilines is 2. The first-order chi connectivity index (χ1) is 9.11. The molecule has 104 valence electrons. The molecule has 0 amide bonds. The Morgan fingerprint density at radius 1 is 1.47 bits per heavy atom. The van der Waals surface area contributed by atoms with Crippen LogP contribution in [0.2, 0.25) is 0 Å². The maximum Gasteiger partial charge on any atom is 0.311 e. The van der Waals surface area contributed by atoms with Crippen LogP contribution in [0.5, 0.6) is 0 Å². The van der Waals surface area contributed by atoms with Gasteiger partial charge >= 0.3 is 5.69 Å². The third kappa shape index (κ3) is 3.13. The van der Waals surface area contributed by atoms with Gasteiger partial charge in [-0.1, -0.05) is 6.92 Å². The summed E-state index contributed by atoms with van der Waals surface area (Å²) in [4.78, 5) is 17.2. The summed E-state index contributed by atoms with van der Waals surface area (Å²) in [6.45, 7) is 6.62. The van der Waals surface area contributed by atoms with Crippen LogP contribution >= 0.6 is 0 Å². The minimum absolute atomic E-state index is 0.0937. The van der Waals surface area contributed by atoms with Crippen molar-refractivity contribution in [1.82, 2.24) is 4.98 Å². The van der Waals surface area contributed by atoms with E-state index in [1.54, 1.807) is 12.1 Å². The molecule has 6 nitrogen and oxygen atoms in total. The van der Waals surface area contributed by atoms with E-state index in [0.29, 0.717) is 17.6 Å². The SMILES string of the molecule is CCNc1ccc([N+](=O)[O-])c(N2CCC(C)CC2)n1. The van der Waals surface area contributed by atoms with Gasteiger partial charge in [-0.2, -0.15) is 0 Å². The van der Waals surface area contributed by atoms with Gasteiger partial charge in [-0.3, -0.25) is 10.1 Å². The van der Waals surface area contributed by atoms with Crippen LogP contribution in [0.1, 0.15) is 26.7 Å². The standard InChI is InChI=1S/C13H20N4O2/c1-3-14-12-5-4-11(17(18)19)13(15-12)16-8-6-10(2)7-9-16/h4-5,10H,3,6-9H2,1-2H3,(H,14,15). The number of hydrogen-bond donors (Lipinski definition) is 1. The molecule has 0 unspecified atom stereocenters. The number of nitrogens with one attached hydrogen (secondary N) is 1. The number of nitrogens with zero attached hydrogens (tertiary/aromatic N) is 3. The molecule has 0 atom stereocenters. The van der Waals surface area contributed by atoms with Gasteiger partial charge in [-0.25, -0.2) is 4.98 Å². The summed E-state index contributed by atoms with van der Waals surface area (Å²) in [5, 5.41) is 14.2. The zero-order valence-corrected chi connectivity index (χ0v) is 11.4. The molecule has 6 heteroatoms. The lowest BCUT2D eigenvalue weighted by molar-refractivity contribution is -0.384. The van der Waals surface area contributed by atoms with Crippen molar-refractivity contribution in [3.8, 4) is 0 Å². The van der Waals surface area contributed by atoms with E-state index in [-0.39, 0.29) is 10.6 Å². The van der Waals surface area contributed by atoms with E-state index in [1.165, 1.54) is 0 Å². The van der Waals surface area contributed by atoms with Gasteiger partial charge < -0.3 is 10.2 Å². The molecule has 0 spiro atoms. The minimum Gasteiger partial charge on any atom is -0.370 e. The summed E-state index contributed by atoms with van der Waals surface area (Å²) in [7, 11) is 0. The predicted octanol–water partition coefficient (Wildman–Crippen LogP) is 2.66. The fraction of sp³-hybridized carbons (Fsp3) is 0.615. The molecular formula is C13H20N4O2. The van der Waals surface area contributed by atoms with Gasteiger partial charge in [-0.05, 0) is 31.7 Å². The Morgan fingerprint density at radius 3 is 2.74 bits per heavy atom. The maximum absolute atomic E-state index is 11.1. The normalized spacial score (nSPS) is 16.4. The predicted molar refractivity (Wildman–Crippen MR) is 75.7 cm³/mol. The van der Waals surface area contributed by atoms with Gasteiger partial charge in [0.2, 0.25) is 5.82 Å². The smallest absolute Gasteiger partial charge is 0.311 e. The summed E-state index contributed by atoms with van der Waals surface area (Å²) in [5.41, 5.74) is 0.0937. The summed E-state index contributed by atoms with van der Waals surface area (Å²) in [5.74, 6) is 1.88. The van der Waals surface area contributed by atoms with Crippen LogP contribution in [-0.4, -0.2) is 29.5 Å². The molecule has 1 saturated heterocycles. The zero-order chi connectivity index (χ0) is 13.8. The van der Waals surface area contributed by atoms with Crippen LogP contribution < -0.4 is 10.2 Å². The second-order valence-corrected chi connectivity index (χ2v) is 5.00. The zero-order valence-electron chi connectivity index (χ0n) is 11.4. The number of aromatic nitrogens is 1. The third-order valence-electron chi connectivity index (χ3n) is 3.49. The van der Waals surface area contributed by atoms with Crippen molar-refractivity contribution in [1.29, 1.82) is 0 Å². The van der Waals surface area contributed by atoms with E-state index in [2.05, 4.69) is 17.2 Å². The highest BCUT2D eigenvalue weighted by Crippen LogP contribution is 2.30. The highest BCUT2D eigenvalue weighted by atomic mass is 16.6. The van der Waals surface area contributed by atoms with Gasteiger partial charge in [0.25, 0.3) is 0 Å². The fourth-order valence-corrected chi connectivity index (χ4v) is 2.32. The van der Waals surface area contributed by atoms with Crippen LogP contribution in [-0.2, 0) is 0 Å². The molecule has 0 aliphatic carbocycles. The van der Waals surface area contributed by atoms with Crippen molar-refractivity contribution < 1.29 is 4.92 Å². The monoisotopic (exact) mass is 264 g/mol. The molecule has 1 aromatic heterocycles. The second kappa shape index (κ2) is 5.86. The summed E-state index contributed by atoms with van der Waals surface area (Å²) >= 11 is 0. The first-order valence-electron chi connectivity index (χ1n) is 6.76. The van der Waals surface area contributed by atoms with E-state index in [9.17, 15) is 10.1 Å². The molecule has 2 heterocycles. The molecule has 19 heavy (non-hydrogen) atoms. The lowest BCUT2D eigenvalue weighted by Crippen LogP contribution is -2.34. The molecule has 0 saturated carbocycles. The van der Waals surface area contributed by atoms with E-state index in [0.717, 1.165) is 32.5 Å². The van der Waals surface area contributed by atoms with Gasteiger partial charge in [0.15, 0.2) is 0 Å². The summed E-state index contributed by atoms with van der Waals surface area (Å²) in [6, 6.07) is 3.20. The number of rotatable bonds is 4. The Hall–Kier alpha value is -1.85. The van der Waals surface area contributed by atoms with E-state index >= 15 is 0 Å². The van der Waals surface area contributed by atoms with Gasteiger partial charge in [-0.15, -0.1) is 0 Å². The van der Waals surface area contributed by atoms with Crippen molar-refractivity contribution in [2.45, 2.75) is 26.7 Å². The van der Waals surface area contributed by atoms with Crippen LogP contribution in [0.15, 0.2) is 12.1 Å². The average Bonchev–Trinajstić information content (AvgIpc) is 2.39. The Balaban J connectivity index is 2.29. The molecule has 1 aliphatic heterocycles. The van der Waals surface area contributed by atoms with Crippen molar-refractivity contribution in [3.63, 3.8) is 0 Å². The summed E-state index contributed by atoms with van der Waals surface area (Å²) < 4.78 is 0. The van der Waals surface area contributed by atoms with Crippen molar-refractivity contribution in [2.75, 3.05) is 29.9 Å². The quantitative estimate of drug-likeness (QED) is 0.668. The summed E-state index contributed by atoms with van der Waals surface area (Å²) in [6.07, 6.45) is 2.12. The number of hydrogen-bond acceptors (Lipinski definition) is 5. The van der Waals surface area contributed by atoms with Gasteiger partial charge in [0.05, 0.1) is 4.92 Å².